The summed E-state index contributed by atoms with van der Waals surface area (Å²) >= 11 is 1.66. The highest BCUT2D eigenvalue weighted by Crippen LogP contribution is 2.08. The number of carboxylic acids is 1. The van der Waals surface area contributed by atoms with Gasteiger partial charge in [0.1, 0.15) is 0 Å². The number of aromatic nitrogens is 2. The van der Waals surface area contributed by atoms with E-state index >= 15 is 0 Å². The molecule has 1 aromatic rings. The Morgan fingerprint density at radius 1 is 1.71 bits per heavy atom. The van der Waals surface area contributed by atoms with Crippen molar-refractivity contribution in [2.75, 3.05) is 11.5 Å². The lowest BCUT2D eigenvalue weighted by Crippen LogP contribution is -2.12. The predicted octanol–water partition coefficient (Wildman–Crippen LogP) is 1.34. The molecule has 0 aliphatic carbocycles. The van der Waals surface area contributed by atoms with Crippen molar-refractivity contribution in [2.45, 2.75) is 13.5 Å². The van der Waals surface area contributed by atoms with Crippen LogP contribution in [0.5, 0.6) is 0 Å². The average Bonchev–Trinajstić information content (AvgIpc) is 2.64. The summed E-state index contributed by atoms with van der Waals surface area (Å²) in [4.78, 5) is 14.4. The average molecular weight is 214 g/mol. The monoisotopic (exact) mass is 214 g/mol. The van der Waals surface area contributed by atoms with Crippen molar-refractivity contribution in [3.05, 3.63) is 18.7 Å². The van der Waals surface area contributed by atoms with Gasteiger partial charge in [-0.3, -0.25) is 4.79 Å². The normalized spacial score (nSPS) is 12.6. The molecule has 0 amide bonds. The van der Waals surface area contributed by atoms with Gasteiger partial charge in [0.05, 0.1) is 12.2 Å². The predicted molar refractivity (Wildman–Crippen MR) is 56.4 cm³/mol. The number of aryl methyl sites for hydroxylation is 1. The van der Waals surface area contributed by atoms with E-state index in [2.05, 4.69) is 4.98 Å². The van der Waals surface area contributed by atoms with Crippen LogP contribution in [-0.2, 0) is 11.3 Å². The van der Waals surface area contributed by atoms with E-state index in [9.17, 15) is 4.79 Å². The van der Waals surface area contributed by atoms with Gasteiger partial charge >= 0.3 is 5.97 Å². The lowest BCUT2D eigenvalue weighted by atomic mass is 10.2. The van der Waals surface area contributed by atoms with Crippen LogP contribution in [0.2, 0.25) is 0 Å². The van der Waals surface area contributed by atoms with E-state index in [4.69, 9.17) is 5.11 Å². The molecule has 4 nitrogen and oxygen atoms in total. The van der Waals surface area contributed by atoms with Gasteiger partial charge in [0.2, 0.25) is 0 Å². The Hall–Kier alpha value is -0.970. The lowest BCUT2D eigenvalue weighted by Gasteiger charge is -2.05. The first kappa shape index (κ1) is 11.1. The van der Waals surface area contributed by atoms with E-state index in [1.165, 1.54) is 0 Å². The zero-order chi connectivity index (χ0) is 10.4. The van der Waals surface area contributed by atoms with E-state index in [0.29, 0.717) is 5.75 Å². The lowest BCUT2D eigenvalue weighted by molar-refractivity contribution is -0.140. The third kappa shape index (κ3) is 3.83. The summed E-state index contributed by atoms with van der Waals surface area (Å²) in [6.07, 6.45) is 5.41. The molecular formula is C9H14N2O2S. The molecule has 0 saturated heterocycles. The van der Waals surface area contributed by atoms with Crippen molar-refractivity contribution < 1.29 is 9.90 Å². The topological polar surface area (TPSA) is 55.1 Å². The van der Waals surface area contributed by atoms with Gasteiger partial charge in [-0.25, -0.2) is 4.98 Å². The van der Waals surface area contributed by atoms with Crippen LogP contribution >= 0.6 is 11.8 Å². The zero-order valence-electron chi connectivity index (χ0n) is 8.09. The maximum Gasteiger partial charge on any atom is 0.307 e. The Labute approximate surface area is 87.3 Å². The maximum absolute atomic E-state index is 10.5. The molecule has 1 heterocycles. The van der Waals surface area contributed by atoms with Crippen LogP contribution in [0.3, 0.4) is 0 Å². The van der Waals surface area contributed by atoms with Gasteiger partial charge in [-0.2, -0.15) is 11.8 Å². The fraction of sp³-hybridized carbons (Fsp3) is 0.556. The summed E-state index contributed by atoms with van der Waals surface area (Å²) < 4.78 is 1.98. The molecule has 1 aromatic heterocycles. The van der Waals surface area contributed by atoms with E-state index in [1.54, 1.807) is 31.2 Å². The number of rotatable bonds is 6. The maximum atomic E-state index is 10.5. The molecule has 0 aromatic carbocycles. The fourth-order valence-corrected chi connectivity index (χ4v) is 1.92. The quantitative estimate of drug-likeness (QED) is 0.726. The number of hydrogen-bond acceptors (Lipinski definition) is 3. The third-order valence-electron chi connectivity index (χ3n) is 1.84. The third-order valence-corrected chi connectivity index (χ3v) is 3.05. The number of carboxylic acid groups (broad SMARTS) is 1. The van der Waals surface area contributed by atoms with E-state index < -0.39 is 5.97 Å². The summed E-state index contributed by atoms with van der Waals surface area (Å²) in [5.41, 5.74) is 0. The van der Waals surface area contributed by atoms with Gasteiger partial charge in [0.15, 0.2) is 0 Å². The molecule has 1 N–H and O–H groups in total. The molecule has 5 heteroatoms. The molecule has 0 fully saturated rings. The second-order valence-electron chi connectivity index (χ2n) is 3.11. The van der Waals surface area contributed by atoms with Gasteiger partial charge in [0, 0.05) is 30.4 Å². The van der Waals surface area contributed by atoms with Crippen molar-refractivity contribution in [3.8, 4) is 0 Å². The highest BCUT2D eigenvalue weighted by Gasteiger charge is 2.09. The van der Waals surface area contributed by atoms with Gasteiger partial charge in [-0.05, 0) is 0 Å². The van der Waals surface area contributed by atoms with Gasteiger partial charge in [0.25, 0.3) is 0 Å². The standard InChI is InChI=1S/C9H14N2O2S/c1-8(9(12)13)6-14-5-4-11-3-2-10-7-11/h2-3,7-8H,4-6H2,1H3,(H,12,13). The summed E-state index contributed by atoms with van der Waals surface area (Å²) in [6.45, 7) is 2.61. The van der Waals surface area contributed by atoms with E-state index in [1.807, 2.05) is 10.8 Å². The van der Waals surface area contributed by atoms with Crippen molar-refractivity contribution in [1.82, 2.24) is 9.55 Å². The van der Waals surface area contributed by atoms with Crippen LogP contribution in [0, 0.1) is 5.92 Å². The minimum atomic E-state index is -0.722. The molecular weight excluding hydrogens is 200 g/mol. The smallest absolute Gasteiger partial charge is 0.307 e. The van der Waals surface area contributed by atoms with Gasteiger partial charge in [-0.1, -0.05) is 6.92 Å². The van der Waals surface area contributed by atoms with Crippen LogP contribution in [-0.4, -0.2) is 32.1 Å². The molecule has 1 unspecified atom stereocenters. The minimum Gasteiger partial charge on any atom is -0.481 e. The molecule has 14 heavy (non-hydrogen) atoms. The van der Waals surface area contributed by atoms with Crippen molar-refractivity contribution in [2.24, 2.45) is 5.92 Å². The summed E-state index contributed by atoms with van der Waals surface area (Å²) in [6, 6.07) is 0. The van der Waals surface area contributed by atoms with Crippen LogP contribution in [0.4, 0.5) is 0 Å². The first-order valence-electron chi connectivity index (χ1n) is 4.46. The van der Waals surface area contributed by atoms with Crippen molar-refractivity contribution in [1.29, 1.82) is 0 Å². The number of imidazole rings is 1. The first-order valence-corrected chi connectivity index (χ1v) is 5.62. The molecule has 0 spiro atoms. The molecule has 78 valence electrons. The fourth-order valence-electron chi connectivity index (χ4n) is 0.920. The van der Waals surface area contributed by atoms with Crippen LogP contribution < -0.4 is 0 Å². The minimum absolute atomic E-state index is 0.261. The first-order chi connectivity index (χ1) is 6.70. The molecule has 0 aliphatic rings. The highest BCUT2D eigenvalue weighted by molar-refractivity contribution is 7.99. The Bertz CT molecular complexity index is 274. The molecule has 0 saturated carbocycles. The van der Waals surface area contributed by atoms with E-state index in [-0.39, 0.29) is 5.92 Å². The summed E-state index contributed by atoms with van der Waals surface area (Å²) in [7, 11) is 0. The van der Waals surface area contributed by atoms with Crippen LogP contribution in [0.15, 0.2) is 18.7 Å². The summed E-state index contributed by atoms with van der Waals surface area (Å²) in [5, 5.41) is 8.64. The van der Waals surface area contributed by atoms with Gasteiger partial charge < -0.3 is 9.67 Å². The second kappa shape index (κ2) is 5.70. The number of aliphatic carboxylic acids is 1. The Kier molecular flexibility index (Phi) is 4.52. The molecule has 1 rings (SSSR count). The van der Waals surface area contributed by atoms with Crippen LogP contribution in [0.1, 0.15) is 6.92 Å². The number of nitrogens with zero attached hydrogens (tertiary/aromatic N) is 2. The molecule has 0 bridgehead atoms. The Morgan fingerprint density at radius 3 is 3.07 bits per heavy atom. The molecule has 1 atom stereocenters. The largest absolute Gasteiger partial charge is 0.481 e. The van der Waals surface area contributed by atoms with E-state index in [0.717, 1.165) is 12.3 Å². The summed E-state index contributed by atoms with van der Waals surface area (Å²) in [5.74, 6) is 0.612. The highest BCUT2D eigenvalue weighted by atomic mass is 32.2. The Balaban J connectivity index is 2.08. The Morgan fingerprint density at radius 2 is 2.50 bits per heavy atom. The van der Waals surface area contributed by atoms with Crippen LogP contribution in [0.25, 0.3) is 0 Å². The SMILES string of the molecule is CC(CSCCn1ccnc1)C(=O)O. The zero-order valence-corrected chi connectivity index (χ0v) is 8.91. The molecule has 0 aliphatic heterocycles. The van der Waals surface area contributed by atoms with Crippen molar-refractivity contribution >= 4 is 17.7 Å². The van der Waals surface area contributed by atoms with Gasteiger partial charge in [-0.15, -0.1) is 0 Å². The number of hydrogen-bond donors (Lipinski definition) is 1. The van der Waals surface area contributed by atoms with Crippen molar-refractivity contribution in [3.63, 3.8) is 0 Å². The molecule has 0 radical (unpaired) electrons. The number of carbonyl (C=O) groups is 1. The second-order valence-corrected chi connectivity index (χ2v) is 4.26. The number of thioether (sulfide) groups is 1.